The number of ether oxygens (including phenoxy) is 1. The summed E-state index contributed by atoms with van der Waals surface area (Å²) < 4.78 is 5.94. The minimum atomic E-state index is -0.193. The van der Waals surface area contributed by atoms with E-state index in [0.29, 0.717) is 49.8 Å². The Morgan fingerprint density at radius 3 is 2.13 bits per heavy atom. The van der Waals surface area contributed by atoms with Crippen molar-refractivity contribution >= 4 is 11.8 Å². The van der Waals surface area contributed by atoms with Crippen molar-refractivity contribution in [3.8, 4) is 0 Å². The zero-order valence-corrected chi connectivity index (χ0v) is 18.4. The molecule has 0 aromatic heterocycles. The molecule has 0 bridgehead atoms. The average molecular weight is 409 g/mol. The molecule has 0 spiro atoms. The summed E-state index contributed by atoms with van der Waals surface area (Å²) >= 11 is 0. The predicted molar refractivity (Wildman–Crippen MR) is 119 cm³/mol. The van der Waals surface area contributed by atoms with E-state index < -0.39 is 0 Å². The second kappa shape index (κ2) is 9.90. The molecule has 2 amide bonds. The Balaban J connectivity index is 1.69. The lowest BCUT2D eigenvalue weighted by molar-refractivity contribution is -0.0340. The number of hydrogen-bond acceptors (Lipinski definition) is 3. The lowest BCUT2D eigenvalue weighted by Crippen LogP contribution is -2.51. The zero-order valence-electron chi connectivity index (χ0n) is 18.4. The van der Waals surface area contributed by atoms with Gasteiger partial charge in [0.15, 0.2) is 0 Å². The molecular formula is C25H32N2O3. The highest BCUT2D eigenvalue weighted by molar-refractivity contribution is 5.95. The van der Waals surface area contributed by atoms with E-state index >= 15 is 0 Å². The number of amides is 2. The van der Waals surface area contributed by atoms with Crippen molar-refractivity contribution < 1.29 is 14.3 Å². The monoisotopic (exact) mass is 408 g/mol. The van der Waals surface area contributed by atoms with Crippen LogP contribution in [0, 0.1) is 19.8 Å². The molecule has 1 aliphatic rings. The van der Waals surface area contributed by atoms with Crippen LogP contribution in [0.4, 0.5) is 0 Å². The Kier molecular flexibility index (Phi) is 7.27. The lowest BCUT2D eigenvalue weighted by atomic mass is 10.1. The number of carbonyl (C=O) groups excluding carboxylic acids is 2. The molecule has 1 atom stereocenters. The molecule has 3 rings (SSSR count). The van der Waals surface area contributed by atoms with Crippen LogP contribution in [0.15, 0.2) is 48.5 Å². The molecule has 2 aromatic carbocycles. The first-order valence-electron chi connectivity index (χ1n) is 10.7. The van der Waals surface area contributed by atoms with Gasteiger partial charge in [-0.3, -0.25) is 9.59 Å². The van der Waals surface area contributed by atoms with E-state index in [-0.39, 0.29) is 17.9 Å². The maximum absolute atomic E-state index is 13.1. The third kappa shape index (κ3) is 5.70. The van der Waals surface area contributed by atoms with Gasteiger partial charge in [-0.1, -0.05) is 49.2 Å². The third-order valence-corrected chi connectivity index (χ3v) is 5.32. The first-order valence-corrected chi connectivity index (χ1v) is 10.7. The Morgan fingerprint density at radius 2 is 1.57 bits per heavy atom. The second-order valence-electron chi connectivity index (χ2n) is 8.58. The SMILES string of the molecule is Cc1ccc(C(=O)N2CCOC(CN(CC(C)C)C(=O)c3ccc(C)cc3)C2)cc1. The summed E-state index contributed by atoms with van der Waals surface area (Å²) in [5.41, 5.74) is 3.63. The van der Waals surface area contributed by atoms with Gasteiger partial charge in [-0.2, -0.15) is 0 Å². The predicted octanol–water partition coefficient (Wildman–Crippen LogP) is 3.94. The van der Waals surface area contributed by atoms with Crippen LogP contribution in [0.1, 0.15) is 45.7 Å². The molecule has 5 heteroatoms. The van der Waals surface area contributed by atoms with Crippen LogP contribution >= 0.6 is 0 Å². The topological polar surface area (TPSA) is 49.9 Å². The van der Waals surface area contributed by atoms with Gasteiger partial charge in [0, 0.05) is 37.3 Å². The number of benzene rings is 2. The van der Waals surface area contributed by atoms with Crippen LogP contribution in [-0.4, -0.2) is 60.5 Å². The molecule has 160 valence electrons. The third-order valence-electron chi connectivity index (χ3n) is 5.32. The molecule has 1 saturated heterocycles. The normalized spacial score (nSPS) is 16.6. The van der Waals surface area contributed by atoms with E-state index in [2.05, 4.69) is 13.8 Å². The first kappa shape index (κ1) is 22.0. The van der Waals surface area contributed by atoms with E-state index in [1.807, 2.05) is 72.2 Å². The van der Waals surface area contributed by atoms with Crippen LogP contribution in [0.2, 0.25) is 0 Å². The molecule has 30 heavy (non-hydrogen) atoms. The van der Waals surface area contributed by atoms with E-state index in [1.54, 1.807) is 0 Å². The maximum atomic E-state index is 13.1. The average Bonchev–Trinajstić information content (AvgIpc) is 2.73. The highest BCUT2D eigenvalue weighted by atomic mass is 16.5. The fraction of sp³-hybridized carbons (Fsp3) is 0.440. The van der Waals surface area contributed by atoms with Crippen LogP contribution in [-0.2, 0) is 4.74 Å². The fourth-order valence-electron chi connectivity index (χ4n) is 3.70. The molecule has 0 saturated carbocycles. The van der Waals surface area contributed by atoms with Crippen LogP contribution in [0.25, 0.3) is 0 Å². The van der Waals surface area contributed by atoms with Gasteiger partial charge >= 0.3 is 0 Å². The number of rotatable bonds is 6. The lowest BCUT2D eigenvalue weighted by Gasteiger charge is -2.36. The van der Waals surface area contributed by atoms with Crippen molar-refractivity contribution in [2.24, 2.45) is 5.92 Å². The zero-order chi connectivity index (χ0) is 21.7. The van der Waals surface area contributed by atoms with Gasteiger partial charge in [0.05, 0.1) is 12.7 Å². The van der Waals surface area contributed by atoms with Gasteiger partial charge in [-0.15, -0.1) is 0 Å². The van der Waals surface area contributed by atoms with Crippen LogP contribution in [0.5, 0.6) is 0 Å². The van der Waals surface area contributed by atoms with E-state index in [9.17, 15) is 9.59 Å². The molecule has 0 aliphatic carbocycles. The molecule has 1 fully saturated rings. The Hall–Kier alpha value is -2.66. The minimum Gasteiger partial charge on any atom is -0.373 e. The van der Waals surface area contributed by atoms with Crippen molar-refractivity contribution in [2.45, 2.75) is 33.8 Å². The van der Waals surface area contributed by atoms with Crippen LogP contribution in [0.3, 0.4) is 0 Å². The number of morpholine rings is 1. The molecule has 0 radical (unpaired) electrons. The molecule has 0 N–H and O–H groups in total. The Morgan fingerprint density at radius 1 is 1.00 bits per heavy atom. The molecule has 1 unspecified atom stereocenters. The molecule has 1 heterocycles. The largest absolute Gasteiger partial charge is 0.373 e. The quantitative estimate of drug-likeness (QED) is 0.727. The van der Waals surface area contributed by atoms with Gasteiger partial charge in [0.2, 0.25) is 0 Å². The summed E-state index contributed by atoms with van der Waals surface area (Å²) in [7, 11) is 0. The summed E-state index contributed by atoms with van der Waals surface area (Å²) in [4.78, 5) is 29.7. The second-order valence-corrected chi connectivity index (χ2v) is 8.58. The van der Waals surface area contributed by atoms with Gasteiger partial charge in [-0.25, -0.2) is 0 Å². The molecule has 1 aliphatic heterocycles. The van der Waals surface area contributed by atoms with Crippen molar-refractivity contribution in [2.75, 3.05) is 32.8 Å². The summed E-state index contributed by atoms with van der Waals surface area (Å²) in [6.45, 7) is 10.9. The number of carbonyl (C=O) groups is 2. The maximum Gasteiger partial charge on any atom is 0.254 e. The van der Waals surface area contributed by atoms with E-state index in [1.165, 1.54) is 0 Å². The van der Waals surface area contributed by atoms with E-state index in [0.717, 1.165) is 11.1 Å². The van der Waals surface area contributed by atoms with E-state index in [4.69, 9.17) is 4.74 Å². The smallest absolute Gasteiger partial charge is 0.254 e. The van der Waals surface area contributed by atoms with Gasteiger partial charge in [0.1, 0.15) is 0 Å². The van der Waals surface area contributed by atoms with Crippen molar-refractivity contribution in [1.82, 2.24) is 9.80 Å². The first-order chi connectivity index (χ1) is 14.3. The summed E-state index contributed by atoms with van der Waals surface area (Å²) in [5, 5.41) is 0. The Labute approximate surface area is 179 Å². The Bertz CT molecular complexity index is 859. The minimum absolute atomic E-state index is 0.00860. The standard InChI is InChI=1S/C25H32N2O3/c1-18(2)15-27(25(29)22-11-7-20(4)8-12-22)17-23-16-26(13-14-30-23)24(28)21-9-5-19(3)6-10-21/h5-12,18,23H,13-17H2,1-4H3. The number of hydrogen-bond donors (Lipinski definition) is 0. The van der Waals surface area contributed by atoms with Gasteiger partial charge in [0.25, 0.3) is 11.8 Å². The highest BCUT2D eigenvalue weighted by Crippen LogP contribution is 2.15. The van der Waals surface area contributed by atoms with Crippen molar-refractivity contribution in [3.05, 3.63) is 70.8 Å². The highest BCUT2D eigenvalue weighted by Gasteiger charge is 2.28. The summed E-state index contributed by atoms with van der Waals surface area (Å²) in [5.74, 6) is 0.367. The summed E-state index contributed by atoms with van der Waals surface area (Å²) in [6.07, 6.45) is -0.193. The molecular weight excluding hydrogens is 376 g/mol. The molecule has 2 aromatic rings. The summed E-state index contributed by atoms with van der Waals surface area (Å²) in [6, 6.07) is 15.3. The molecule has 5 nitrogen and oxygen atoms in total. The van der Waals surface area contributed by atoms with Crippen molar-refractivity contribution in [1.29, 1.82) is 0 Å². The van der Waals surface area contributed by atoms with Gasteiger partial charge in [-0.05, 0) is 44.0 Å². The fourth-order valence-corrected chi connectivity index (χ4v) is 3.70. The van der Waals surface area contributed by atoms with Crippen LogP contribution < -0.4 is 0 Å². The van der Waals surface area contributed by atoms with Gasteiger partial charge < -0.3 is 14.5 Å². The van der Waals surface area contributed by atoms with Crippen molar-refractivity contribution in [3.63, 3.8) is 0 Å². The number of nitrogens with zero attached hydrogens (tertiary/aromatic N) is 2. The number of aryl methyl sites for hydroxylation is 2.